The highest BCUT2D eigenvalue weighted by atomic mass is 35.5. The van der Waals surface area contributed by atoms with Gasteiger partial charge in [-0.05, 0) is 42.9 Å². The van der Waals surface area contributed by atoms with E-state index in [1.807, 2.05) is 54.0 Å². The Hall–Kier alpha value is -1.58. The van der Waals surface area contributed by atoms with Crippen LogP contribution in [0.15, 0.2) is 42.5 Å². The average molecular weight is 275 g/mol. The van der Waals surface area contributed by atoms with Crippen LogP contribution in [0, 0.1) is 11.7 Å². The summed E-state index contributed by atoms with van der Waals surface area (Å²) in [6, 6.07) is 13.9. The third-order valence-electron chi connectivity index (χ3n) is 3.00. The van der Waals surface area contributed by atoms with Crippen molar-refractivity contribution in [1.29, 1.82) is 0 Å². The van der Waals surface area contributed by atoms with E-state index in [1.54, 1.807) is 0 Å². The van der Waals surface area contributed by atoms with E-state index in [2.05, 4.69) is 4.98 Å². The number of hydrogen-bond donors (Lipinski definition) is 1. The van der Waals surface area contributed by atoms with Gasteiger partial charge >= 0.3 is 0 Å². The van der Waals surface area contributed by atoms with E-state index < -0.39 is 0 Å². The molecule has 0 unspecified atom stereocenters. The topological polar surface area (TPSA) is 20.7 Å². The molecule has 18 heavy (non-hydrogen) atoms. The van der Waals surface area contributed by atoms with Gasteiger partial charge in [-0.3, -0.25) is 4.57 Å². The summed E-state index contributed by atoms with van der Waals surface area (Å²) < 4.78 is 2.65. The Bertz CT molecular complexity index is 766. The van der Waals surface area contributed by atoms with Crippen LogP contribution in [-0.4, -0.2) is 9.55 Å². The van der Waals surface area contributed by atoms with Gasteiger partial charge in [0.2, 0.25) is 0 Å². The van der Waals surface area contributed by atoms with Gasteiger partial charge in [0.1, 0.15) is 0 Å². The third kappa shape index (κ3) is 1.67. The predicted octanol–water partition coefficient (Wildman–Crippen LogP) is 4.65. The maximum Gasteiger partial charge on any atom is 0.182 e. The van der Waals surface area contributed by atoms with Gasteiger partial charge in [0.25, 0.3) is 0 Å². The fraction of sp³-hybridized carbons (Fsp3) is 0.0714. The predicted molar refractivity (Wildman–Crippen MR) is 78.2 cm³/mol. The monoisotopic (exact) mass is 274 g/mol. The number of benzene rings is 2. The lowest BCUT2D eigenvalue weighted by atomic mass is 10.2. The number of hydrogen-bond acceptors (Lipinski definition) is 1. The number of H-pyrrole nitrogens is 1. The summed E-state index contributed by atoms with van der Waals surface area (Å²) in [5.41, 5.74) is 4.10. The normalized spacial score (nSPS) is 11.0. The number of halogens is 1. The van der Waals surface area contributed by atoms with Crippen LogP contribution in [0.4, 0.5) is 0 Å². The number of rotatable bonds is 1. The van der Waals surface area contributed by atoms with Crippen LogP contribution in [0.5, 0.6) is 0 Å². The molecule has 2 nitrogen and oxygen atoms in total. The highest BCUT2D eigenvalue weighted by Crippen LogP contribution is 2.28. The minimum absolute atomic E-state index is 0.660. The van der Waals surface area contributed by atoms with E-state index in [9.17, 15) is 0 Å². The summed E-state index contributed by atoms with van der Waals surface area (Å²) in [4.78, 5) is 3.20. The lowest BCUT2D eigenvalue weighted by Crippen LogP contribution is -1.98. The number of aromatic nitrogens is 2. The first-order chi connectivity index (χ1) is 8.68. The first-order valence-corrected chi connectivity index (χ1v) is 6.42. The Balaban J connectivity index is 2.46. The van der Waals surface area contributed by atoms with Crippen molar-refractivity contribution in [1.82, 2.24) is 9.55 Å². The highest BCUT2D eigenvalue weighted by Gasteiger charge is 2.11. The molecule has 0 aliphatic rings. The quantitative estimate of drug-likeness (QED) is 0.641. The molecule has 1 aromatic heterocycles. The van der Waals surface area contributed by atoms with Gasteiger partial charge in [-0.2, -0.15) is 0 Å². The molecule has 0 saturated heterocycles. The summed E-state index contributed by atoms with van der Waals surface area (Å²) >= 11 is 11.7. The minimum atomic E-state index is 0.660. The van der Waals surface area contributed by atoms with Crippen molar-refractivity contribution >= 4 is 34.9 Å². The first kappa shape index (κ1) is 11.5. The number of fused-ring (bicyclic) bond motifs is 1. The van der Waals surface area contributed by atoms with Gasteiger partial charge < -0.3 is 4.98 Å². The summed E-state index contributed by atoms with van der Waals surface area (Å²) in [6.45, 7) is 2.03. The molecule has 2 aromatic carbocycles. The summed E-state index contributed by atoms with van der Waals surface area (Å²) in [7, 11) is 0. The molecule has 1 heterocycles. The van der Waals surface area contributed by atoms with Crippen LogP contribution >= 0.6 is 23.8 Å². The SMILES string of the molecule is Cc1cccc(Cl)c1-n1c(=S)[nH]c2ccccc21. The number of imidazole rings is 1. The average Bonchev–Trinajstić information content (AvgIpc) is 2.66. The molecule has 0 saturated carbocycles. The van der Waals surface area contributed by atoms with Crippen molar-refractivity contribution in [3.63, 3.8) is 0 Å². The molecule has 90 valence electrons. The Kier molecular flexibility index (Phi) is 2.73. The van der Waals surface area contributed by atoms with Crippen LogP contribution in [0.25, 0.3) is 16.7 Å². The van der Waals surface area contributed by atoms with Gasteiger partial charge in [-0.25, -0.2) is 0 Å². The van der Waals surface area contributed by atoms with Crippen molar-refractivity contribution in [2.75, 3.05) is 0 Å². The zero-order valence-electron chi connectivity index (χ0n) is 9.77. The number of para-hydroxylation sites is 3. The van der Waals surface area contributed by atoms with Gasteiger partial charge in [-0.15, -0.1) is 0 Å². The van der Waals surface area contributed by atoms with E-state index in [-0.39, 0.29) is 0 Å². The molecule has 0 amide bonds. The lowest BCUT2D eigenvalue weighted by Gasteiger charge is -2.10. The zero-order valence-corrected chi connectivity index (χ0v) is 11.3. The van der Waals surface area contributed by atoms with Crippen LogP contribution in [-0.2, 0) is 0 Å². The molecule has 0 spiro atoms. The molecule has 0 atom stereocenters. The van der Waals surface area contributed by atoms with Gasteiger partial charge in [0.05, 0.1) is 21.7 Å². The number of aryl methyl sites for hydroxylation is 1. The smallest absolute Gasteiger partial charge is 0.182 e. The second-order valence-electron chi connectivity index (χ2n) is 4.19. The molecule has 4 heteroatoms. The van der Waals surface area contributed by atoms with E-state index >= 15 is 0 Å². The molecule has 3 rings (SSSR count). The lowest BCUT2D eigenvalue weighted by molar-refractivity contribution is 1.05. The third-order valence-corrected chi connectivity index (χ3v) is 3.59. The second-order valence-corrected chi connectivity index (χ2v) is 4.98. The summed E-state index contributed by atoms with van der Waals surface area (Å²) in [5.74, 6) is 0. The van der Waals surface area contributed by atoms with Crippen molar-refractivity contribution in [2.45, 2.75) is 6.92 Å². The Labute approximate surface area is 115 Å². The van der Waals surface area contributed by atoms with Crippen LogP contribution < -0.4 is 0 Å². The fourth-order valence-electron chi connectivity index (χ4n) is 2.18. The maximum absolute atomic E-state index is 6.31. The molecule has 0 aliphatic carbocycles. The van der Waals surface area contributed by atoms with E-state index in [0.717, 1.165) is 22.3 Å². The second kappa shape index (κ2) is 4.26. The molecule has 0 radical (unpaired) electrons. The van der Waals surface area contributed by atoms with Gasteiger partial charge in [-0.1, -0.05) is 35.9 Å². The number of nitrogens with one attached hydrogen (secondary N) is 1. The van der Waals surface area contributed by atoms with Gasteiger partial charge in [0.15, 0.2) is 4.77 Å². The van der Waals surface area contributed by atoms with Crippen LogP contribution in [0.2, 0.25) is 5.02 Å². The van der Waals surface area contributed by atoms with Crippen molar-refractivity contribution in [3.8, 4) is 5.69 Å². The van der Waals surface area contributed by atoms with Crippen LogP contribution in [0.3, 0.4) is 0 Å². The molecule has 0 fully saturated rings. The number of nitrogens with zero attached hydrogens (tertiary/aromatic N) is 1. The first-order valence-electron chi connectivity index (χ1n) is 5.64. The summed E-state index contributed by atoms with van der Waals surface area (Å²) in [5, 5.41) is 0.704. The summed E-state index contributed by atoms with van der Waals surface area (Å²) in [6.07, 6.45) is 0. The van der Waals surface area contributed by atoms with E-state index in [4.69, 9.17) is 23.8 Å². The zero-order chi connectivity index (χ0) is 12.7. The molecule has 0 bridgehead atoms. The van der Waals surface area contributed by atoms with Crippen molar-refractivity contribution in [3.05, 3.63) is 57.8 Å². The molecular weight excluding hydrogens is 264 g/mol. The largest absolute Gasteiger partial charge is 0.330 e. The molecule has 1 N–H and O–H groups in total. The van der Waals surface area contributed by atoms with E-state index in [1.165, 1.54) is 0 Å². The Morgan fingerprint density at radius 3 is 2.67 bits per heavy atom. The molecule has 0 aliphatic heterocycles. The Morgan fingerprint density at radius 1 is 1.11 bits per heavy atom. The van der Waals surface area contributed by atoms with Crippen molar-refractivity contribution in [2.24, 2.45) is 0 Å². The molecular formula is C14H11ClN2S. The fourth-order valence-corrected chi connectivity index (χ4v) is 2.79. The molecule has 3 aromatic rings. The Morgan fingerprint density at radius 2 is 1.89 bits per heavy atom. The highest BCUT2D eigenvalue weighted by molar-refractivity contribution is 7.71. The number of aromatic amines is 1. The maximum atomic E-state index is 6.31. The van der Waals surface area contributed by atoms with Crippen molar-refractivity contribution < 1.29 is 0 Å². The standard InChI is InChI=1S/C14H11ClN2S/c1-9-5-4-6-10(15)13(9)17-12-8-3-2-7-11(12)16-14(17)18/h2-8H,1H3,(H,16,18). The van der Waals surface area contributed by atoms with Gasteiger partial charge in [0, 0.05) is 0 Å². The van der Waals surface area contributed by atoms with Crippen LogP contribution in [0.1, 0.15) is 5.56 Å². The van der Waals surface area contributed by atoms with E-state index in [0.29, 0.717) is 9.79 Å². The minimum Gasteiger partial charge on any atom is -0.330 e.